The second kappa shape index (κ2) is 12.8. The fourth-order valence-corrected chi connectivity index (χ4v) is 4.89. The molecular formula is C30H36N6O6. The number of aromatic nitrogens is 2. The summed E-state index contributed by atoms with van der Waals surface area (Å²) in [7, 11) is 3.21. The van der Waals surface area contributed by atoms with E-state index in [1.807, 2.05) is 62.4 Å². The topological polar surface area (TPSA) is 119 Å². The van der Waals surface area contributed by atoms with Gasteiger partial charge in [-0.15, -0.1) is 10.2 Å². The normalized spacial score (nSPS) is 14.1. The Hall–Kier alpha value is -4.74. The van der Waals surface area contributed by atoms with E-state index in [2.05, 4.69) is 20.4 Å². The van der Waals surface area contributed by atoms with Crippen molar-refractivity contribution < 1.29 is 28.5 Å². The molecular weight excluding hydrogens is 540 g/mol. The number of nitrogens with one attached hydrogen (secondary N) is 1. The molecule has 12 heteroatoms. The van der Waals surface area contributed by atoms with Gasteiger partial charge in [0.05, 0.1) is 19.9 Å². The molecule has 5 rings (SSSR count). The largest absolute Gasteiger partial charge is 0.497 e. The van der Waals surface area contributed by atoms with Crippen LogP contribution in [0.5, 0.6) is 23.0 Å². The number of urea groups is 1. The molecule has 3 aromatic rings. The first-order valence-electron chi connectivity index (χ1n) is 13.9. The van der Waals surface area contributed by atoms with Gasteiger partial charge < -0.3 is 39.0 Å². The second-order valence-corrected chi connectivity index (χ2v) is 10.4. The molecule has 2 aromatic carbocycles. The summed E-state index contributed by atoms with van der Waals surface area (Å²) in [6.07, 6.45) is 0. The Morgan fingerprint density at radius 2 is 1.74 bits per heavy atom. The number of benzene rings is 2. The molecule has 0 bridgehead atoms. The summed E-state index contributed by atoms with van der Waals surface area (Å²) >= 11 is 0. The molecule has 1 N–H and O–H groups in total. The van der Waals surface area contributed by atoms with E-state index >= 15 is 0 Å². The molecule has 222 valence electrons. The van der Waals surface area contributed by atoms with Crippen molar-refractivity contribution in [2.45, 2.75) is 26.4 Å². The summed E-state index contributed by atoms with van der Waals surface area (Å²) in [6, 6.07) is 14.6. The molecule has 0 atom stereocenters. The summed E-state index contributed by atoms with van der Waals surface area (Å²) in [5.41, 5.74) is 2.36. The minimum absolute atomic E-state index is 0.0365. The van der Waals surface area contributed by atoms with Gasteiger partial charge in [-0.1, -0.05) is 6.07 Å². The molecule has 2 aliphatic heterocycles. The van der Waals surface area contributed by atoms with Crippen molar-refractivity contribution >= 4 is 17.8 Å². The Labute approximate surface area is 245 Å². The first-order chi connectivity index (χ1) is 20.3. The average molecular weight is 577 g/mol. The Kier molecular flexibility index (Phi) is 8.80. The fourth-order valence-electron chi connectivity index (χ4n) is 4.89. The van der Waals surface area contributed by atoms with E-state index in [-0.39, 0.29) is 37.9 Å². The molecule has 0 unspecified atom stereocenters. The number of hydrogen-bond donors (Lipinski definition) is 1. The highest BCUT2D eigenvalue weighted by atomic mass is 16.7. The van der Waals surface area contributed by atoms with E-state index in [9.17, 15) is 9.59 Å². The summed E-state index contributed by atoms with van der Waals surface area (Å²) in [6.45, 7) is 6.41. The van der Waals surface area contributed by atoms with Crippen LogP contribution in [-0.2, 0) is 11.3 Å². The molecule has 1 fully saturated rings. The zero-order valence-corrected chi connectivity index (χ0v) is 24.3. The monoisotopic (exact) mass is 576 g/mol. The van der Waals surface area contributed by atoms with Gasteiger partial charge in [0.25, 0.3) is 0 Å². The number of piperazine rings is 1. The molecule has 2 aliphatic rings. The van der Waals surface area contributed by atoms with Gasteiger partial charge in [0.1, 0.15) is 18.0 Å². The lowest BCUT2D eigenvalue weighted by Crippen LogP contribution is -2.53. The third kappa shape index (κ3) is 6.59. The summed E-state index contributed by atoms with van der Waals surface area (Å²) in [4.78, 5) is 31.7. The second-order valence-electron chi connectivity index (χ2n) is 10.4. The van der Waals surface area contributed by atoms with Gasteiger partial charge in [-0.05, 0) is 55.8 Å². The zero-order valence-electron chi connectivity index (χ0n) is 24.3. The van der Waals surface area contributed by atoms with Gasteiger partial charge in [0.2, 0.25) is 12.7 Å². The Morgan fingerprint density at radius 3 is 2.43 bits per heavy atom. The summed E-state index contributed by atoms with van der Waals surface area (Å²) in [5, 5.41) is 11.8. The minimum Gasteiger partial charge on any atom is -0.497 e. The van der Waals surface area contributed by atoms with Crippen molar-refractivity contribution in [3.63, 3.8) is 0 Å². The first kappa shape index (κ1) is 28.8. The van der Waals surface area contributed by atoms with Crippen molar-refractivity contribution in [1.82, 2.24) is 25.3 Å². The van der Waals surface area contributed by atoms with E-state index in [1.54, 1.807) is 19.1 Å². The number of carbonyl (C=O) groups excluding carboxylic acids is 2. The van der Waals surface area contributed by atoms with Crippen LogP contribution in [0.15, 0.2) is 48.5 Å². The van der Waals surface area contributed by atoms with Crippen LogP contribution in [0.3, 0.4) is 0 Å². The molecule has 12 nitrogen and oxygen atoms in total. The lowest BCUT2D eigenvalue weighted by Gasteiger charge is -2.36. The predicted octanol–water partition coefficient (Wildman–Crippen LogP) is 3.16. The highest BCUT2D eigenvalue weighted by Crippen LogP contribution is 2.33. The van der Waals surface area contributed by atoms with Gasteiger partial charge in [-0.3, -0.25) is 4.79 Å². The maximum Gasteiger partial charge on any atom is 0.318 e. The number of rotatable bonds is 9. The molecule has 0 aliphatic carbocycles. The average Bonchev–Trinajstić information content (AvgIpc) is 3.48. The number of amides is 3. The summed E-state index contributed by atoms with van der Waals surface area (Å²) < 4.78 is 21.6. The highest BCUT2D eigenvalue weighted by Gasteiger charge is 2.26. The standard InChI is InChI=1S/C30H36N6O6/c1-20(2)31-30(38)36(17-21-5-9-25-27(15-21)42-19-41-25)18-29(37)35-13-11-34(12-14-35)28-10-8-24(32-33-28)23-7-6-22(39-3)16-26(23)40-4/h5-10,15-16,20H,11-14,17-19H2,1-4H3,(H,31,38). The van der Waals surface area contributed by atoms with Gasteiger partial charge in [0, 0.05) is 50.4 Å². The van der Waals surface area contributed by atoms with Crippen LogP contribution in [0, 0.1) is 0 Å². The minimum atomic E-state index is -0.293. The molecule has 42 heavy (non-hydrogen) atoms. The fraction of sp³-hybridized carbons (Fsp3) is 0.400. The van der Waals surface area contributed by atoms with E-state index in [1.165, 1.54) is 4.90 Å². The molecule has 1 aromatic heterocycles. The summed E-state index contributed by atoms with van der Waals surface area (Å²) in [5.74, 6) is 3.29. The van der Waals surface area contributed by atoms with E-state index in [0.717, 1.165) is 16.9 Å². The van der Waals surface area contributed by atoms with Gasteiger partial charge in [-0.25, -0.2) is 4.79 Å². The van der Waals surface area contributed by atoms with Crippen molar-refractivity contribution in [3.05, 3.63) is 54.1 Å². The third-order valence-electron chi connectivity index (χ3n) is 7.13. The SMILES string of the molecule is COc1ccc(-c2ccc(N3CCN(C(=O)CN(Cc4ccc5c(c4)OCO5)C(=O)NC(C)C)CC3)nn2)c(OC)c1. The number of methoxy groups -OCH3 is 2. The molecule has 1 saturated heterocycles. The Balaban J connectivity index is 1.20. The van der Waals surface area contributed by atoms with E-state index in [4.69, 9.17) is 18.9 Å². The number of anilines is 1. The molecule has 0 spiro atoms. The maximum absolute atomic E-state index is 13.3. The van der Waals surface area contributed by atoms with Crippen LogP contribution in [0.4, 0.5) is 10.6 Å². The lowest BCUT2D eigenvalue weighted by molar-refractivity contribution is -0.132. The van der Waals surface area contributed by atoms with E-state index in [0.29, 0.717) is 54.9 Å². The van der Waals surface area contributed by atoms with Gasteiger partial charge >= 0.3 is 6.03 Å². The molecule has 3 amide bonds. The Morgan fingerprint density at radius 1 is 0.952 bits per heavy atom. The molecule has 0 saturated carbocycles. The van der Waals surface area contributed by atoms with Crippen LogP contribution in [-0.4, -0.2) is 91.7 Å². The quantitative estimate of drug-likeness (QED) is 0.410. The number of ether oxygens (including phenoxy) is 4. The van der Waals surface area contributed by atoms with Crippen LogP contribution >= 0.6 is 0 Å². The number of fused-ring (bicyclic) bond motifs is 1. The van der Waals surface area contributed by atoms with Crippen molar-refractivity contribution in [2.75, 3.05) is 58.6 Å². The van der Waals surface area contributed by atoms with Crippen LogP contribution < -0.4 is 29.2 Å². The van der Waals surface area contributed by atoms with Gasteiger partial charge in [-0.2, -0.15) is 0 Å². The smallest absolute Gasteiger partial charge is 0.318 e. The Bertz CT molecular complexity index is 1410. The number of carbonyl (C=O) groups is 2. The van der Waals surface area contributed by atoms with Crippen molar-refractivity contribution in [3.8, 4) is 34.3 Å². The van der Waals surface area contributed by atoms with Crippen LogP contribution in [0.25, 0.3) is 11.3 Å². The molecule has 3 heterocycles. The lowest BCUT2D eigenvalue weighted by atomic mass is 10.1. The van der Waals surface area contributed by atoms with Crippen molar-refractivity contribution in [2.24, 2.45) is 0 Å². The van der Waals surface area contributed by atoms with Crippen LogP contribution in [0.2, 0.25) is 0 Å². The highest BCUT2D eigenvalue weighted by molar-refractivity contribution is 5.84. The first-order valence-corrected chi connectivity index (χ1v) is 13.9. The van der Waals surface area contributed by atoms with Crippen LogP contribution in [0.1, 0.15) is 19.4 Å². The molecule has 0 radical (unpaired) electrons. The number of nitrogens with zero attached hydrogens (tertiary/aromatic N) is 5. The van der Waals surface area contributed by atoms with Crippen molar-refractivity contribution in [1.29, 1.82) is 0 Å². The third-order valence-corrected chi connectivity index (χ3v) is 7.13. The predicted molar refractivity (Wildman–Crippen MR) is 156 cm³/mol. The number of hydrogen-bond acceptors (Lipinski definition) is 9. The van der Waals surface area contributed by atoms with E-state index < -0.39 is 0 Å². The maximum atomic E-state index is 13.3. The zero-order chi connectivity index (χ0) is 29.6. The van der Waals surface area contributed by atoms with Gasteiger partial charge in [0.15, 0.2) is 17.3 Å².